The zero-order valence-corrected chi connectivity index (χ0v) is 11.8. The molecule has 6 heteroatoms. The summed E-state index contributed by atoms with van der Waals surface area (Å²) in [5.41, 5.74) is 1.62. The minimum Gasteiger partial charge on any atom is -0.465 e. The van der Waals surface area contributed by atoms with Crippen molar-refractivity contribution in [2.24, 2.45) is 0 Å². The molecule has 0 bridgehead atoms. The number of ether oxygens (including phenoxy) is 1. The maximum absolute atomic E-state index is 10.9. The summed E-state index contributed by atoms with van der Waals surface area (Å²) >= 11 is 0. The van der Waals surface area contributed by atoms with Crippen LogP contribution >= 0.6 is 0 Å². The van der Waals surface area contributed by atoms with Gasteiger partial charge in [0.05, 0.1) is 24.8 Å². The van der Waals surface area contributed by atoms with E-state index in [0.29, 0.717) is 31.7 Å². The number of hydrogen-bond acceptors (Lipinski definition) is 4. The third-order valence-corrected chi connectivity index (χ3v) is 3.48. The minimum atomic E-state index is -1.01. The van der Waals surface area contributed by atoms with Crippen molar-refractivity contribution in [1.82, 2.24) is 10.2 Å². The lowest BCUT2D eigenvalue weighted by Crippen LogP contribution is -2.47. The zero-order valence-electron chi connectivity index (χ0n) is 11.8. The number of morpholine rings is 1. The van der Waals surface area contributed by atoms with Crippen molar-refractivity contribution in [3.8, 4) is 6.07 Å². The molecule has 0 saturated carbocycles. The summed E-state index contributed by atoms with van der Waals surface area (Å²) in [5, 5.41) is 20.3. The maximum Gasteiger partial charge on any atom is 0.404 e. The quantitative estimate of drug-likeness (QED) is 0.847. The Morgan fingerprint density at radius 1 is 1.38 bits per heavy atom. The Labute approximate surface area is 123 Å². The Hall–Kier alpha value is -2.10. The third-order valence-electron chi connectivity index (χ3n) is 3.48. The first-order valence-corrected chi connectivity index (χ1v) is 6.96. The molecular formula is C15H19N3O3. The van der Waals surface area contributed by atoms with Crippen molar-refractivity contribution in [3.05, 3.63) is 35.4 Å². The van der Waals surface area contributed by atoms with Crippen LogP contribution in [0.25, 0.3) is 0 Å². The molecule has 6 nitrogen and oxygen atoms in total. The number of amides is 1. The van der Waals surface area contributed by atoms with Gasteiger partial charge in [0.15, 0.2) is 0 Å². The van der Waals surface area contributed by atoms with Gasteiger partial charge in [-0.05, 0) is 24.1 Å². The second kappa shape index (κ2) is 7.62. The molecule has 1 amide bonds. The molecule has 0 aliphatic carbocycles. The second-order valence-corrected chi connectivity index (χ2v) is 5.07. The highest BCUT2D eigenvalue weighted by Gasteiger charge is 2.18. The average molecular weight is 289 g/mol. The van der Waals surface area contributed by atoms with Crippen molar-refractivity contribution in [1.29, 1.82) is 5.26 Å². The summed E-state index contributed by atoms with van der Waals surface area (Å²) in [6.45, 7) is 3.69. The van der Waals surface area contributed by atoms with Crippen LogP contribution in [0.1, 0.15) is 11.1 Å². The van der Waals surface area contributed by atoms with E-state index in [1.54, 1.807) is 12.1 Å². The molecule has 0 unspecified atom stereocenters. The summed E-state index contributed by atoms with van der Waals surface area (Å²) in [5.74, 6) is 0. The smallest absolute Gasteiger partial charge is 0.404 e. The minimum absolute atomic E-state index is 0.173. The molecule has 0 spiro atoms. The molecule has 0 aromatic heterocycles. The number of hydrogen-bond donors (Lipinski definition) is 2. The summed E-state index contributed by atoms with van der Waals surface area (Å²) in [6.07, 6.45) is -0.406. The van der Waals surface area contributed by atoms with E-state index in [-0.39, 0.29) is 6.04 Å². The van der Waals surface area contributed by atoms with Crippen LogP contribution in [0.2, 0.25) is 0 Å². The van der Waals surface area contributed by atoms with E-state index >= 15 is 0 Å². The van der Waals surface area contributed by atoms with Crippen LogP contribution in [0.4, 0.5) is 4.79 Å². The Kier molecular flexibility index (Phi) is 5.55. The van der Waals surface area contributed by atoms with Gasteiger partial charge < -0.3 is 15.2 Å². The molecule has 1 atom stereocenters. The molecule has 1 saturated heterocycles. The maximum atomic E-state index is 10.9. The van der Waals surface area contributed by atoms with Gasteiger partial charge in [0, 0.05) is 25.7 Å². The zero-order chi connectivity index (χ0) is 15.1. The van der Waals surface area contributed by atoms with E-state index in [4.69, 9.17) is 15.1 Å². The van der Waals surface area contributed by atoms with E-state index in [2.05, 4.69) is 16.3 Å². The van der Waals surface area contributed by atoms with Gasteiger partial charge in [0.2, 0.25) is 0 Å². The van der Waals surface area contributed by atoms with Crippen molar-refractivity contribution >= 4 is 6.09 Å². The van der Waals surface area contributed by atoms with Gasteiger partial charge in [-0.1, -0.05) is 12.1 Å². The number of nitrogens with one attached hydrogen (secondary N) is 1. The molecule has 1 aromatic rings. The number of nitriles is 1. The number of carboxylic acid groups (broad SMARTS) is 1. The van der Waals surface area contributed by atoms with Crippen LogP contribution in [0.3, 0.4) is 0 Å². The molecule has 0 radical (unpaired) electrons. The Bertz CT molecular complexity index is 504. The van der Waals surface area contributed by atoms with Gasteiger partial charge in [0.1, 0.15) is 0 Å². The molecular weight excluding hydrogens is 270 g/mol. The summed E-state index contributed by atoms with van der Waals surface area (Å²) in [7, 11) is 0. The first kappa shape index (κ1) is 15.3. The van der Waals surface area contributed by atoms with Crippen molar-refractivity contribution in [2.45, 2.75) is 12.5 Å². The molecule has 1 aromatic carbocycles. The van der Waals surface area contributed by atoms with Crippen LogP contribution in [0.5, 0.6) is 0 Å². The van der Waals surface area contributed by atoms with Crippen LogP contribution in [-0.2, 0) is 11.2 Å². The molecule has 112 valence electrons. The largest absolute Gasteiger partial charge is 0.465 e. The molecule has 2 rings (SSSR count). The predicted octanol–water partition coefficient (Wildman–Crippen LogP) is 1.07. The Morgan fingerprint density at radius 2 is 2.05 bits per heavy atom. The van der Waals surface area contributed by atoms with Crippen molar-refractivity contribution < 1.29 is 14.6 Å². The highest BCUT2D eigenvalue weighted by atomic mass is 16.5. The van der Waals surface area contributed by atoms with E-state index in [1.807, 2.05) is 12.1 Å². The summed E-state index contributed by atoms with van der Waals surface area (Å²) < 4.78 is 5.30. The number of nitrogens with zero attached hydrogens (tertiary/aromatic N) is 2. The Balaban J connectivity index is 1.97. The summed E-state index contributed by atoms with van der Waals surface area (Å²) in [6, 6.07) is 9.14. The fraction of sp³-hybridized carbons (Fsp3) is 0.467. The fourth-order valence-corrected chi connectivity index (χ4v) is 2.43. The van der Waals surface area contributed by atoms with E-state index < -0.39 is 6.09 Å². The normalized spacial score (nSPS) is 16.9. The monoisotopic (exact) mass is 289 g/mol. The predicted molar refractivity (Wildman–Crippen MR) is 77.1 cm³/mol. The first-order valence-electron chi connectivity index (χ1n) is 6.96. The van der Waals surface area contributed by atoms with Gasteiger partial charge >= 0.3 is 6.09 Å². The van der Waals surface area contributed by atoms with E-state index in [1.165, 1.54) is 0 Å². The highest BCUT2D eigenvalue weighted by molar-refractivity contribution is 5.64. The van der Waals surface area contributed by atoms with E-state index in [0.717, 1.165) is 18.7 Å². The van der Waals surface area contributed by atoms with Gasteiger partial charge in [0.25, 0.3) is 0 Å². The lowest BCUT2D eigenvalue weighted by molar-refractivity contribution is 0.0337. The lowest BCUT2D eigenvalue weighted by Gasteiger charge is -2.30. The number of rotatable bonds is 5. The Morgan fingerprint density at radius 3 is 2.62 bits per heavy atom. The van der Waals surface area contributed by atoms with Crippen LogP contribution in [-0.4, -0.2) is 55.0 Å². The van der Waals surface area contributed by atoms with Crippen molar-refractivity contribution in [3.63, 3.8) is 0 Å². The van der Waals surface area contributed by atoms with Gasteiger partial charge in [-0.3, -0.25) is 4.90 Å². The SMILES string of the molecule is N#Cc1ccc(C[C@H](CN2CCOCC2)NC(=O)O)cc1. The van der Waals surface area contributed by atoms with Gasteiger partial charge in [-0.25, -0.2) is 4.79 Å². The molecule has 1 fully saturated rings. The second-order valence-electron chi connectivity index (χ2n) is 5.07. The molecule has 1 heterocycles. The molecule has 2 N–H and O–H groups in total. The summed E-state index contributed by atoms with van der Waals surface area (Å²) in [4.78, 5) is 13.1. The first-order chi connectivity index (χ1) is 10.2. The molecule has 21 heavy (non-hydrogen) atoms. The molecule has 1 aliphatic rings. The lowest BCUT2D eigenvalue weighted by atomic mass is 10.0. The topological polar surface area (TPSA) is 85.6 Å². The molecule has 1 aliphatic heterocycles. The number of carbonyl (C=O) groups is 1. The highest BCUT2D eigenvalue weighted by Crippen LogP contribution is 2.08. The standard InChI is InChI=1S/C15H19N3O3/c16-10-13-3-1-12(2-4-13)9-14(17-15(19)20)11-18-5-7-21-8-6-18/h1-4,14,17H,5-9,11H2,(H,19,20)/t14-/m1/s1. The van der Waals surface area contributed by atoms with Gasteiger partial charge in [-0.2, -0.15) is 5.26 Å². The van der Waals surface area contributed by atoms with Crippen molar-refractivity contribution in [2.75, 3.05) is 32.8 Å². The van der Waals surface area contributed by atoms with E-state index in [9.17, 15) is 4.79 Å². The van der Waals surface area contributed by atoms with Crippen LogP contribution in [0.15, 0.2) is 24.3 Å². The van der Waals surface area contributed by atoms with Gasteiger partial charge in [-0.15, -0.1) is 0 Å². The average Bonchev–Trinajstić information content (AvgIpc) is 2.48. The van der Waals surface area contributed by atoms with Crippen LogP contribution < -0.4 is 5.32 Å². The van der Waals surface area contributed by atoms with Crippen LogP contribution in [0, 0.1) is 11.3 Å². The number of benzene rings is 1. The third kappa shape index (κ3) is 5.06. The fourth-order valence-electron chi connectivity index (χ4n) is 2.43.